The Morgan fingerprint density at radius 2 is 2.05 bits per heavy atom. The first kappa shape index (κ1) is 14.4. The van der Waals surface area contributed by atoms with Crippen molar-refractivity contribution in [1.82, 2.24) is 10.6 Å². The molecule has 0 bridgehead atoms. The molecule has 104 valence electrons. The van der Waals surface area contributed by atoms with E-state index in [2.05, 4.69) is 26.6 Å². The Bertz CT molecular complexity index is 478. The number of carbonyl (C=O) groups is 1. The molecule has 0 spiro atoms. The second-order valence-corrected chi connectivity index (χ2v) is 5.42. The molecule has 0 unspecified atom stereocenters. The lowest BCUT2D eigenvalue weighted by atomic mass is 10.2. The van der Waals surface area contributed by atoms with Gasteiger partial charge in [-0.1, -0.05) is 0 Å². The van der Waals surface area contributed by atoms with E-state index in [1.165, 1.54) is 12.1 Å². The van der Waals surface area contributed by atoms with Crippen molar-refractivity contribution in [3.8, 4) is 0 Å². The van der Waals surface area contributed by atoms with Crippen molar-refractivity contribution in [2.24, 2.45) is 5.92 Å². The Balaban J connectivity index is 1.73. The van der Waals surface area contributed by atoms with E-state index in [1.807, 2.05) is 0 Å². The molecule has 3 nitrogen and oxygen atoms in total. The Labute approximate surface area is 118 Å². The maximum atomic E-state index is 13.6. The van der Waals surface area contributed by atoms with E-state index in [-0.39, 0.29) is 28.4 Å². The zero-order valence-electron chi connectivity index (χ0n) is 10.3. The SMILES string of the molecule is O=C(NCCNCc1c(F)ccc(Br)c1F)C1CC1. The third-order valence-corrected chi connectivity index (χ3v) is 3.60. The fourth-order valence-corrected chi connectivity index (χ4v) is 2.08. The van der Waals surface area contributed by atoms with Crippen molar-refractivity contribution < 1.29 is 13.6 Å². The highest BCUT2D eigenvalue weighted by Crippen LogP contribution is 2.28. The van der Waals surface area contributed by atoms with Gasteiger partial charge in [0.05, 0.1) is 4.47 Å². The van der Waals surface area contributed by atoms with Crippen LogP contribution in [0.15, 0.2) is 16.6 Å². The summed E-state index contributed by atoms with van der Waals surface area (Å²) >= 11 is 3.02. The van der Waals surface area contributed by atoms with Crippen LogP contribution in [0.3, 0.4) is 0 Å². The molecule has 1 amide bonds. The number of amides is 1. The molecular formula is C13H15BrF2N2O. The van der Waals surface area contributed by atoms with Crippen LogP contribution < -0.4 is 10.6 Å². The van der Waals surface area contributed by atoms with E-state index in [0.29, 0.717) is 13.1 Å². The first-order valence-corrected chi connectivity index (χ1v) is 6.99. The highest BCUT2D eigenvalue weighted by atomic mass is 79.9. The van der Waals surface area contributed by atoms with Crippen LogP contribution in [0.2, 0.25) is 0 Å². The quantitative estimate of drug-likeness (QED) is 0.620. The van der Waals surface area contributed by atoms with E-state index in [1.54, 1.807) is 0 Å². The molecule has 6 heteroatoms. The Hall–Kier alpha value is -1.01. The van der Waals surface area contributed by atoms with Gasteiger partial charge in [0.2, 0.25) is 5.91 Å². The number of halogens is 3. The third kappa shape index (κ3) is 3.98. The monoisotopic (exact) mass is 332 g/mol. The smallest absolute Gasteiger partial charge is 0.223 e. The number of carbonyl (C=O) groups excluding carboxylic acids is 1. The molecule has 1 saturated carbocycles. The molecule has 2 N–H and O–H groups in total. The van der Waals surface area contributed by atoms with Crippen molar-refractivity contribution in [2.45, 2.75) is 19.4 Å². The summed E-state index contributed by atoms with van der Waals surface area (Å²) in [6.07, 6.45) is 1.93. The van der Waals surface area contributed by atoms with Crippen molar-refractivity contribution in [3.63, 3.8) is 0 Å². The van der Waals surface area contributed by atoms with E-state index in [0.717, 1.165) is 12.8 Å². The Kier molecular flexibility index (Phi) is 4.87. The minimum absolute atomic E-state index is 0.00268. The van der Waals surface area contributed by atoms with Gasteiger partial charge < -0.3 is 10.6 Å². The lowest BCUT2D eigenvalue weighted by Crippen LogP contribution is -2.32. The van der Waals surface area contributed by atoms with Gasteiger partial charge in [-0.3, -0.25) is 4.79 Å². The van der Waals surface area contributed by atoms with Crippen LogP contribution in [-0.2, 0) is 11.3 Å². The summed E-state index contributed by atoms with van der Waals surface area (Å²) in [6, 6.07) is 2.56. The van der Waals surface area contributed by atoms with Gasteiger partial charge in [0, 0.05) is 31.1 Å². The molecule has 0 aliphatic heterocycles. The lowest BCUT2D eigenvalue weighted by Gasteiger charge is -2.09. The molecule has 0 atom stereocenters. The number of nitrogens with one attached hydrogen (secondary N) is 2. The summed E-state index contributed by atoms with van der Waals surface area (Å²) in [5.74, 6) is -0.911. The predicted molar refractivity (Wildman–Crippen MR) is 71.5 cm³/mol. The molecular weight excluding hydrogens is 318 g/mol. The van der Waals surface area contributed by atoms with Crippen molar-refractivity contribution in [3.05, 3.63) is 33.8 Å². The highest BCUT2D eigenvalue weighted by molar-refractivity contribution is 9.10. The maximum Gasteiger partial charge on any atom is 0.223 e. The zero-order chi connectivity index (χ0) is 13.8. The van der Waals surface area contributed by atoms with Crippen LogP contribution in [0.5, 0.6) is 0 Å². The van der Waals surface area contributed by atoms with Crippen molar-refractivity contribution in [2.75, 3.05) is 13.1 Å². The van der Waals surface area contributed by atoms with Gasteiger partial charge in [0.1, 0.15) is 11.6 Å². The summed E-state index contributed by atoms with van der Waals surface area (Å²) in [7, 11) is 0. The van der Waals surface area contributed by atoms with E-state index < -0.39 is 11.6 Å². The molecule has 0 heterocycles. The first-order valence-electron chi connectivity index (χ1n) is 6.20. The highest BCUT2D eigenvalue weighted by Gasteiger charge is 2.28. The summed E-state index contributed by atoms with van der Waals surface area (Å²) in [5.41, 5.74) is 0.00268. The van der Waals surface area contributed by atoms with E-state index in [9.17, 15) is 13.6 Å². The van der Waals surface area contributed by atoms with Crippen LogP contribution in [0.1, 0.15) is 18.4 Å². The lowest BCUT2D eigenvalue weighted by molar-refractivity contribution is -0.122. The Morgan fingerprint density at radius 3 is 2.74 bits per heavy atom. The van der Waals surface area contributed by atoms with Gasteiger partial charge in [-0.05, 0) is 40.9 Å². The second-order valence-electron chi connectivity index (χ2n) is 4.56. The molecule has 1 aliphatic rings. The number of hydrogen-bond donors (Lipinski definition) is 2. The molecule has 1 aliphatic carbocycles. The molecule has 2 rings (SSSR count). The molecule has 0 radical (unpaired) electrons. The standard InChI is InChI=1S/C13H15BrF2N2O/c14-10-3-4-11(15)9(12(10)16)7-17-5-6-18-13(19)8-1-2-8/h3-4,8,17H,1-2,5-7H2,(H,18,19). The van der Waals surface area contributed by atoms with Crippen LogP contribution in [0.4, 0.5) is 8.78 Å². The summed E-state index contributed by atoms with van der Waals surface area (Å²) < 4.78 is 27.3. The van der Waals surface area contributed by atoms with E-state index >= 15 is 0 Å². The van der Waals surface area contributed by atoms with Crippen LogP contribution >= 0.6 is 15.9 Å². The Morgan fingerprint density at radius 1 is 1.32 bits per heavy atom. The molecule has 0 aromatic heterocycles. The van der Waals surface area contributed by atoms with Crippen LogP contribution in [0.25, 0.3) is 0 Å². The number of benzene rings is 1. The zero-order valence-corrected chi connectivity index (χ0v) is 11.9. The summed E-state index contributed by atoms with van der Waals surface area (Å²) in [5, 5.41) is 5.68. The van der Waals surface area contributed by atoms with Crippen LogP contribution in [0, 0.1) is 17.6 Å². The maximum absolute atomic E-state index is 13.6. The van der Waals surface area contributed by atoms with Gasteiger partial charge >= 0.3 is 0 Å². The first-order chi connectivity index (χ1) is 9.09. The number of hydrogen-bond acceptors (Lipinski definition) is 2. The molecule has 19 heavy (non-hydrogen) atoms. The van der Waals surface area contributed by atoms with Crippen molar-refractivity contribution in [1.29, 1.82) is 0 Å². The van der Waals surface area contributed by atoms with Gasteiger partial charge in [-0.2, -0.15) is 0 Å². The van der Waals surface area contributed by atoms with Gasteiger partial charge in [-0.25, -0.2) is 8.78 Å². The van der Waals surface area contributed by atoms with E-state index in [4.69, 9.17) is 0 Å². The molecule has 1 aromatic rings. The topological polar surface area (TPSA) is 41.1 Å². The number of rotatable bonds is 6. The molecule has 0 saturated heterocycles. The second kappa shape index (κ2) is 6.43. The minimum Gasteiger partial charge on any atom is -0.355 e. The van der Waals surface area contributed by atoms with Crippen molar-refractivity contribution >= 4 is 21.8 Å². The van der Waals surface area contributed by atoms with Crippen LogP contribution in [-0.4, -0.2) is 19.0 Å². The summed E-state index contributed by atoms with van der Waals surface area (Å²) in [4.78, 5) is 11.3. The van der Waals surface area contributed by atoms with Gasteiger partial charge in [0.25, 0.3) is 0 Å². The fraction of sp³-hybridized carbons (Fsp3) is 0.462. The summed E-state index contributed by atoms with van der Waals surface area (Å²) in [6.45, 7) is 1.03. The third-order valence-electron chi connectivity index (χ3n) is 2.99. The minimum atomic E-state index is -0.588. The largest absolute Gasteiger partial charge is 0.355 e. The molecule has 1 aromatic carbocycles. The van der Waals surface area contributed by atoms with Gasteiger partial charge in [-0.15, -0.1) is 0 Å². The normalized spacial score (nSPS) is 14.5. The fourth-order valence-electron chi connectivity index (χ4n) is 1.71. The molecule has 1 fully saturated rings. The average molecular weight is 333 g/mol. The predicted octanol–water partition coefficient (Wildman–Crippen LogP) is 2.34. The average Bonchev–Trinajstić information content (AvgIpc) is 3.21. The van der Waals surface area contributed by atoms with Gasteiger partial charge in [0.15, 0.2) is 0 Å².